The summed E-state index contributed by atoms with van der Waals surface area (Å²) in [6.45, 7) is 0. The van der Waals surface area contributed by atoms with Gasteiger partial charge >= 0.3 is 0 Å². The van der Waals surface area contributed by atoms with Crippen molar-refractivity contribution in [3.8, 4) is 28.7 Å². The second kappa shape index (κ2) is 12.7. The molecule has 0 N–H and O–H groups in total. The molecular formula is C28H28ClNO6. The lowest BCUT2D eigenvalue weighted by Gasteiger charge is -2.13. The van der Waals surface area contributed by atoms with Gasteiger partial charge < -0.3 is 23.7 Å². The number of ketones is 1. The number of hydrogen-bond donors (Lipinski definition) is 0. The Morgan fingerprint density at radius 3 is 2.03 bits per heavy atom. The molecule has 8 heteroatoms. The lowest BCUT2D eigenvalue weighted by molar-refractivity contribution is 0.100. The maximum atomic E-state index is 12.6. The highest BCUT2D eigenvalue weighted by Gasteiger charge is 2.13. The first-order valence-electron chi connectivity index (χ1n) is 11.0. The minimum absolute atomic E-state index is 0.0823. The third-order valence-electron chi connectivity index (χ3n) is 5.30. The molecule has 0 heterocycles. The number of carbonyl (C=O) groups is 1. The van der Waals surface area contributed by atoms with Crippen LogP contribution in [0.5, 0.6) is 28.7 Å². The van der Waals surface area contributed by atoms with Crippen LogP contribution in [-0.2, 0) is 0 Å². The molecule has 0 spiro atoms. The summed E-state index contributed by atoms with van der Waals surface area (Å²) in [5, 5.41) is 0.399. The lowest BCUT2D eigenvalue weighted by Crippen LogP contribution is -2.00. The van der Waals surface area contributed by atoms with Gasteiger partial charge in [0.25, 0.3) is 0 Å². The molecule has 0 unspecified atom stereocenters. The van der Waals surface area contributed by atoms with Crippen molar-refractivity contribution < 1.29 is 28.5 Å². The summed E-state index contributed by atoms with van der Waals surface area (Å²) in [7, 11) is 7.77. The Morgan fingerprint density at radius 1 is 0.806 bits per heavy atom. The molecule has 0 radical (unpaired) electrons. The number of nitrogens with zero attached hydrogens (tertiary/aromatic N) is 1. The zero-order chi connectivity index (χ0) is 26.1. The monoisotopic (exact) mass is 509 g/mol. The fourth-order valence-corrected chi connectivity index (χ4v) is 3.82. The van der Waals surface area contributed by atoms with E-state index in [4.69, 9.17) is 35.3 Å². The molecule has 0 aliphatic heterocycles. The fourth-order valence-electron chi connectivity index (χ4n) is 3.52. The van der Waals surface area contributed by atoms with Gasteiger partial charge in [-0.05, 0) is 47.5 Å². The minimum Gasteiger partial charge on any atom is -0.497 e. The zero-order valence-corrected chi connectivity index (χ0v) is 21.6. The molecule has 0 saturated heterocycles. The number of halogens is 1. The molecule has 188 valence electrons. The van der Waals surface area contributed by atoms with Crippen molar-refractivity contribution in [1.29, 1.82) is 0 Å². The molecule has 0 fully saturated rings. The second-order valence-electron chi connectivity index (χ2n) is 7.52. The number of methoxy groups -OCH3 is 5. The Balaban J connectivity index is 1.85. The molecule has 0 amide bonds. The second-order valence-corrected chi connectivity index (χ2v) is 7.93. The Labute approximate surface area is 215 Å². The van der Waals surface area contributed by atoms with Crippen LogP contribution in [0.4, 0.5) is 5.69 Å². The molecule has 0 atom stereocenters. The molecule has 3 aromatic rings. The SMILES string of the molecule is COc1cccc(C(=O)CC=Nc2cc(/C=C\c3cc(OC)c(OC)c(OC)c3)cc(Cl)c2OC)c1. The molecule has 0 aromatic heterocycles. The van der Waals surface area contributed by atoms with Crippen molar-refractivity contribution in [1.82, 2.24) is 0 Å². The highest BCUT2D eigenvalue weighted by atomic mass is 35.5. The van der Waals surface area contributed by atoms with Crippen LogP contribution in [0.2, 0.25) is 5.02 Å². The van der Waals surface area contributed by atoms with Gasteiger partial charge in [-0.1, -0.05) is 35.9 Å². The predicted molar refractivity (Wildman–Crippen MR) is 143 cm³/mol. The third-order valence-corrected chi connectivity index (χ3v) is 5.59. The first-order valence-corrected chi connectivity index (χ1v) is 11.4. The molecule has 0 aliphatic carbocycles. The number of Topliss-reactive ketones (excluding diaryl/α,β-unsaturated/α-hetero) is 1. The van der Waals surface area contributed by atoms with Crippen LogP contribution in [0.25, 0.3) is 12.2 Å². The molecule has 0 aliphatic rings. The van der Waals surface area contributed by atoms with E-state index < -0.39 is 0 Å². The fraction of sp³-hybridized carbons (Fsp3) is 0.214. The summed E-state index contributed by atoms with van der Waals surface area (Å²) in [6.07, 6.45) is 5.43. The van der Waals surface area contributed by atoms with Crippen LogP contribution in [0, 0.1) is 0 Å². The van der Waals surface area contributed by atoms with E-state index >= 15 is 0 Å². The molecule has 36 heavy (non-hydrogen) atoms. The van der Waals surface area contributed by atoms with E-state index in [1.807, 2.05) is 30.4 Å². The number of ether oxygens (including phenoxy) is 5. The molecule has 0 saturated carbocycles. The first-order chi connectivity index (χ1) is 17.4. The van der Waals surface area contributed by atoms with Gasteiger partial charge in [-0.15, -0.1) is 0 Å². The van der Waals surface area contributed by atoms with Crippen molar-refractivity contribution in [2.75, 3.05) is 35.5 Å². The summed E-state index contributed by atoms with van der Waals surface area (Å²) in [5.74, 6) is 2.58. The van der Waals surface area contributed by atoms with Crippen LogP contribution in [0.3, 0.4) is 0 Å². The molecule has 3 rings (SSSR count). The summed E-state index contributed by atoms with van der Waals surface area (Å²) >= 11 is 6.45. The molecule has 7 nitrogen and oxygen atoms in total. The number of benzene rings is 3. The smallest absolute Gasteiger partial charge is 0.203 e. The van der Waals surface area contributed by atoms with Crippen molar-refractivity contribution in [2.45, 2.75) is 6.42 Å². The van der Waals surface area contributed by atoms with Gasteiger partial charge in [0.1, 0.15) is 11.4 Å². The van der Waals surface area contributed by atoms with Crippen molar-refractivity contribution in [3.05, 3.63) is 70.2 Å². The average molecular weight is 510 g/mol. The standard InChI is InChI=1S/C28H28ClNO6/c1-32-21-8-6-7-20(17-21)24(31)11-12-30-23-14-18(13-22(29)27(23)35-4)9-10-19-15-25(33-2)28(36-5)26(16-19)34-3/h6-10,12-17H,11H2,1-5H3/b10-9-,30-12?. The van der Waals surface area contributed by atoms with Crippen LogP contribution in [-0.4, -0.2) is 47.5 Å². The van der Waals surface area contributed by atoms with Crippen LogP contribution in [0.1, 0.15) is 27.9 Å². The average Bonchev–Trinajstić information content (AvgIpc) is 2.90. The quantitative estimate of drug-likeness (QED) is 0.166. The van der Waals surface area contributed by atoms with E-state index in [1.54, 1.807) is 65.0 Å². The normalized spacial score (nSPS) is 11.1. The Bertz CT molecular complexity index is 1260. The molecule has 3 aromatic carbocycles. The minimum atomic E-state index is -0.0823. The summed E-state index contributed by atoms with van der Waals surface area (Å²) in [4.78, 5) is 17.0. The van der Waals surface area contributed by atoms with E-state index in [1.165, 1.54) is 7.11 Å². The maximum absolute atomic E-state index is 12.6. The van der Waals surface area contributed by atoms with Crippen molar-refractivity contribution >= 4 is 41.4 Å². The predicted octanol–water partition coefficient (Wildman–Crippen LogP) is 6.53. The Kier molecular flexibility index (Phi) is 9.36. The number of carbonyl (C=O) groups excluding carboxylic acids is 1. The highest BCUT2D eigenvalue weighted by Crippen LogP contribution is 2.39. The number of aliphatic imine (C=N–C) groups is 1. The van der Waals surface area contributed by atoms with Gasteiger partial charge in [0.05, 0.1) is 40.6 Å². The first kappa shape index (κ1) is 26.6. The largest absolute Gasteiger partial charge is 0.497 e. The van der Waals surface area contributed by atoms with E-state index in [-0.39, 0.29) is 12.2 Å². The van der Waals surface area contributed by atoms with Crippen LogP contribution >= 0.6 is 11.6 Å². The van der Waals surface area contributed by atoms with Gasteiger partial charge in [-0.3, -0.25) is 9.79 Å². The van der Waals surface area contributed by atoms with Gasteiger partial charge in [0.2, 0.25) is 5.75 Å². The van der Waals surface area contributed by atoms with E-state index in [0.717, 1.165) is 11.1 Å². The molecular weight excluding hydrogens is 482 g/mol. The summed E-state index contributed by atoms with van der Waals surface area (Å²) < 4.78 is 26.8. The van der Waals surface area contributed by atoms with Gasteiger partial charge in [0.15, 0.2) is 23.0 Å². The zero-order valence-electron chi connectivity index (χ0n) is 20.8. The lowest BCUT2D eigenvalue weighted by atomic mass is 10.1. The topological polar surface area (TPSA) is 75.6 Å². The Hall–Kier alpha value is -3.97. The van der Waals surface area contributed by atoms with Crippen molar-refractivity contribution in [2.24, 2.45) is 4.99 Å². The Morgan fingerprint density at radius 2 is 1.44 bits per heavy atom. The molecule has 0 bridgehead atoms. The summed E-state index contributed by atoms with van der Waals surface area (Å²) in [5.41, 5.74) is 2.69. The van der Waals surface area contributed by atoms with Gasteiger partial charge in [-0.2, -0.15) is 0 Å². The van der Waals surface area contributed by atoms with Crippen molar-refractivity contribution in [3.63, 3.8) is 0 Å². The van der Waals surface area contributed by atoms with Gasteiger partial charge in [-0.25, -0.2) is 0 Å². The number of rotatable bonds is 11. The van der Waals surface area contributed by atoms with E-state index in [0.29, 0.717) is 45.0 Å². The van der Waals surface area contributed by atoms with E-state index in [2.05, 4.69) is 4.99 Å². The maximum Gasteiger partial charge on any atom is 0.203 e. The highest BCUT2D eigenvalue weighted by molar-refractivity contribution is 6.32. The van der Waals surface area contributed by atoms with E-state index in [9.17, 15) is 4.79 Å². The van der Waals surface area contributed by atoms with Crippen LogP contribution < -0.4 is 23.7 Å². The van der Waals surface area contributed by atoms with Gasteiger partial charge in [0, 0.05) is 18.2 Å². The third kappa shape index (κ3) is 6.37. The summed E-state index contributed by atoms with van der Waals surface area (Å²) in [6, 6.07) is 14.3. The van der Waals surface area contributed by atoms with Crippen LogP contribution in [0.15, 0.2) is 53.5 Å². The number of hydrogen-bond acceptors (Lipinski definition) is 7.